The topological polar surface area (TPSA) is 290 Å². The van der Waals surface area contributed by atoms with Crippen LogP contribution in [-0.4, -0.2) is 59.8 Å². The molecule has 0 bridgehead atoms. The number of hydrogen-bond donors (Lipinski definition) is 7. The van der Waals surface area contributed by atoms with Crippen LogP contribution >= 0.6 is 0 Å². The summed E-state index contributed by atoms with van der Waals surface area (Å²) in [6.45, 7) is 0. The van der Waals surface area contributed by atoms with E-state index in [4.69, 9.17) is 30.2 Å². The molecule has 0 atom stereocenters. The van der Waals surface area contributed by atoms with Crippen molar-refractivity contribution < 1.29 is 48.8 Å². The zero-order chi connectivity index (χ0) is 26.9. The average molecular weight is 553 g/mol. The van der Waals surface area contributed by atoms with Gasteiger partial charge in [-0.05, 0) is 36.4 Å². The maximum Gasteiger partial charge on any atom is 0.353 e. The molecule has 0 aliphatic heterocycles. The SMILES string of the molecule is Nc1ccc(-n2[nH]c(C(=O)O)cc2=O)cc1S(=O)(=O)O.Nc1ccc(S(=O)(=O)O)cc1S(=O)(=O)O. The van der Waals surface area contributed by atoms with E-state index in [-0.39, 0.29) is 22.8 Å². The van der Waals surface area contributed by atoms with Crippen LogP contribution in [0.25, 0.3) is 5.69 Å². The van der Waals surface area contributed by atoms with E-state index in [2.05, 4.69) is 5.10 Å². The Morgan fingerprint density at radius 1 is 0.771 bits per heavy atom. The van der Waals surface area contributed by atoms with Crippen LogP contribution in [0.5, 0.6) is 0 Å². The molecular formula is C16H16N4O12S3. The first-order chi connectivity index (χ1) is 15.8. The van der Waals surface area contributed by atoms with Gasteiger partial charge in [0.1, 0.15) is 15.5 Å². The van der Waals surface area contributed by atoms with Crippen molar-refractivity contribution in [2.75, 3.05) is 11.5 Å². The van der Waals surface area contributed by atoms with E-state index in [9.17, 15) is 34.8 Å². The number of nitrogens with zero attached hydrogens (tertiary/aromatic N) is 1. The second kappa shape index (κ2) is 9.48. The van der Waals surface area contributed by atoms with Crippen molar-refractivity contribution in [1.82, 2.24) is 9.78 Å². The normalized spacial score (nSPS) is 12.0. The summed E-state index contributed by atoms with van der Waals surface area (Å²) in [5.41, 5.74) is 9.06. The Hall–Kier alpha value is -3.75. The van der Waals surface area contributed by atoms with E-state index in [1.165, 1.54) is 12.1 Å². The third-order valence-corrected chi connectivity index (χ3v) is 6.71. The van der Waals surface area contributed by atoms with Crippen LogP contribution in [-0.2, 0) is 30.4 Å². The molecule has 0 spiro atoms. The van der Waals surface area contributed by atoms with E-state index < -0.39 is 56.6 Å². The molecule has 0 radical (unpaired) electrons. The molecular weight excluding hydrogens is 536 g/mol. The van der Waals surface area contributed by atoms with Crippen molar-refractivity contribution >= 4 is 47.7 Å². The lowest BCUT2D eigenvalue weighted by Gasteiger charge is -2.06. The fourth-order valence-corrected chi connectivity index (χ4v) is 4.34. The van der Waals surface area contributed by atoms with Crippen molar-refractivity contribution in [2.45, 2.75) is 14.7 Å². The highest BCUT2D eigenvalue weighted by atomic mass is 32.2. The molecule has 9 N–H and O–H groups in total. The van der Waals surface area contributed by atoms with Crippen molar-refractivity contribution in [1.29, 1.82) is 0 Å². The first-order valence-electron chi connectivity index (χ1n) is 8.59. The molecule has 190 valence electrons. The van der Waals surface area contributed by atoms with Gasteiger partial charge in [0, 0.05) is 6.07 Å². The van der Waals surface area contributed by atoms with E-state index in [1.54, 1.807) is 0 Å². The molecule has 35 heavy (non-hydrogen) atoms. The summed E-state index contributed by atoms with van der Waals surface area (Å²) in [6.07, 6.45) is 0. The third kappa shape index (κ3) is 6.65. The third-order valence-electron chi connectivity index (χ3n) is 4.04. The number of aromatic carboxylic acids is 1. The number of nitrogens with two attached hydrogens (primary N) is 2. The Balaban J connectivity index is 0.000000258. The monoisotopic (exact) mass is 552 g/mol. The number of benzene rings is 2. The number of rotatable bonds is 5. The number of nitrogens with one attached hydrogen (secondary N) is 1. The molecule has 0 unspecified atom stereocenters. The molecule has 0 fully saturated rings. The molecule has 3 aromatic rings. The predicted octanol–water partition coefficient (Wildman–Crippen LogP) is -0.545. The van der Waals surface area contributed by atoms with Gasteiger partial charge in [0.25, 0.3) is 35.9 Å². The summed E-state index contributed by atoms with van der Waals surface area (Å²) in [4.78, 5) is 20.4. The Morgan fingerprint density at radius 3 is 1.69 bits per heavy atom. The van der Waals surface area contributed by atoms with E-state index >= 15 is 0 Å². The Labute approximate surface area is 196 Å². The van der Waals surface area contributed by atoms with Crippen LogP contribution in [0.15, 0.2) is 61.9 Å². The number of aromatic nitrogens is 2. The minimum absolute atomic E-state index is 0.0179. The first-order valence-corrected chi connectivity index (χ1v) is 12.9. The van der Waals surface area contributed by atoms with Gasteiger partial charge in [-0.25, -0.2) is 9.48 Å². The zero-order valence-electron chi connectivity index (χ0n) is 16.9. The summed E-state index contributed by atoms with van der Waals surface area (Å²) in [5.74, 6) is -1.34. The lowest BCUT2D eigenvalue weighted by molar-refractivity contribution is 0.0690. The second-order valence-corrected chi connectivity index (χ2v) is 10.7. The maximum absolute atomic E-state index is 11.6. The van der Waals surface area contributed by atoms with Crippen LogP contribution in [0.4, 0.5) is 11.4 Å². The van der Waals surface area contributed by atoms with Crippen molar-refractivity contribution in [3.63, 3.8) is 0 Å². The van der Waals surface area contributed by atoms with Crippen LogP contribution in [0.2, 0.25) is 0 Å². The van der Waals surface area contributed by atoms with Crippen molar-refractivity contribution in [3.05, 3.63) is 58.5 Å². The van der Waals surface area contributed by atoms with Gasteiger partial charge >= 0.3 is 5.97 Å². The highest BCUT2D eigenvalue weighted by molar-refractivity contribution is 7.86. The standard InChI is InChI=1S/C10H9N3O6S.C6H7NO6S2/c11-6-2-1-5(3-8(6)20(17,18)19)13-9(14)4-7(12-13)10(15)16;7-5-2-1-4(14(8,9)10)3-6(5)15(11,12)13/h1-4,12H,11H2,(H,15,16)(H,17,18,19);1-3H,7H2,(H,8,9,10)(H,11,12,13). The Morgan fingerprint density at radius 2 is 1.26 bits per heavy atom. The lowest BCUT2D eigenvalue weighted by Crippen LogP contribution is -2.14. The molecule has 19 heteroatoms. The van der Waals surface area contributed by atoms with Crippen molar-refractivity contribution in [2.24, 2.45) is 0 Å². The molecule has 1 aromatic heterocycles. The smallest absolute Gasteiger partial charge is 0.353 e. The van der Waals surface area contributed by atoms with E-state index in [1.807, 2.05) is 0 Å². The number of hydrogen-bond acceptors (Lipinski definition) is 10. The summed E-state index contributed by atoms with van der Waals surface area (Å²) in [7, 11) is -13.7. The molecule has 3 rings (SSSR count). The minimum atomic E-state index is -4.62. The largest absolute Gasteiger partial charge is 0.477 e. The van der Waals surface area contributed by atoms with Gasteiger partial charge in [0.2, 0.25) is 0 Å². The summed E-state index contributed by atoms with van der Waals surface area (Å²) in [6, 6.07) is 6.70. The fraction of sp³-hybridized carbons (Fsp3) is 0. The van der Waals surface area contributed by atoms with Crippen LogP contribution in [0.3, 0.4) is 0 Å². The molecule has 0 saturated carbocycles. The second-order valence-electron chi connectivity index (χ2n) is 6.50. The predicted molar refractivity (Wildman–Crippen MR) is 118 cm³/mol. The number of carboxylic acid groups (broad SMARTS) is 1. The number of aromatic amines is 1. The summed E-state index contributed by atoms with van der Waals surface area (Å²) >= 11 is 0. The number of carbonyl (C=O) groups is 1. The number of carboxylic acids is 1. The van der Waals surface area contributed by atoms with Crippen LogP contribution < -0.4 is 17.0 Å². The maximum atomic E-state index is 11.6. The average Bonchev–Trinajstić information content (AvgIpc) is 3.08. The first kappa shape index (κ1) is 27.5. The van der Waals surface area contributed by atoms with Crippen LogP contribution in [0.1, 0.15) is 10.5 Å². The number of H-pyrrole nitrogens is 1. The zero-order valence-corrected chi connectivity index (χ0v) is 19.4. The molecule has 0 aliphatic carbocycles. The van der Waals surface area contributed by atoms with Gasteiger partial charge in [-0.2, -0.15) is 25.3 Å². The molecule has 0 aliphatic rings. The van der Waals surface area contributed by atoms with E-state index in [0.29, 0.717) is 6.07 Å². The minimum Gasteiger partial charge on any atom is -0.477 e. The highest BCUT2D eigenvalue weighted by Crippen LogP contribution is 2.22. The molecule has 1 heterocycles. The van der Waals surface area contributed by atoms with Gasteiger partial charge in [0.05, 0.1) is 22.0 Å². The van der Waals surface area contributed by atoms with Crippen molar-refractivity contribution in [3.8, 4) is 5.69 Å². The molecule has 0 saturated heterocycles. The molecule has 2 aromatic carbocycles. The fourth-order valence-electron chi connectivity index (χ4n) is 2.48. The van der Waals surface area contributed by atoms with Gasteiger partial charge in [-0.15, -0.1) is 0 Å². The summed E-state index contributed by atoms with van der Waals surface area (Å²) < 4.78 is 92.1. The lowest BCUT2D eigenvalue weighted by atomic mass is 10.3. The van der Waals surface area contributed by atoms with Gasteiger partial charge in [0.15, 0.2) is 0 Å². The highest BCUT2D eigenvalue weighted by Gasteiger charge is 2.19. The number of anilines is 2. The van der Waals surface area contributed by atoms with Crippen LogP contribution in [0, 0.1) is 0 Å². The number of nitrogen functional groups attached to an aromatic ring is 2. The Bertz CT molecular complexity index is 1690. The van der Waals surface area contributed by atoms with Gasteiger partial charge < -0.3 is 16.6 Å². The quantitative estimate of drug-likeness (QED) is 0.154. The van der Waals surface area contributed by atoms with Gasteiger partial charge in [-0.1, -0.05) is 0 Å². The van der Waals surface area contributed by atoms with Gasteiger partial charge in [-0.3, -0.25) is 23.6 Å². The molecule has 0 amide bonds. The molecule has 16 nitrogen and oxygen atoms in total. The van der Waals surface area contributed by atoms with E-state index in [0.717, 1.165) is 28.9 Å². The Kier molecular flexibility index (Phi) is 7.45. The summed E-state index contributed by atoms with van der Waals surface area (Å²) in [5, 5.41) is 11.0.